The molecule has 0 spiro atoms. The van der Waals surface area contributed by atoms with Crippen LogP contribution in [0.2, 0.25) is 5.02 Å². The van der Waals surface area contributed by atoms with Gasteiger partial charge >= 0.3 is 0 Å². The lowest BCUT2D eigenvalue weighted by molar-refractivity contribution is -0.135. The first-order chi connectivity index (χ1) is 15.6. The summed E-state index contributed by atoms with van der Waals surface area (Å²) in [4.78, 5) is 32.7. The number of ether oxygens (including phenoxy) is 1. The molecule has 3 aliphatic rings. The largest absolute Gasteiger partial charge is 0.492 e. The second-order valence-electron chi connectivity index (χ2n) is 8.62. The van der Waals surface area contributed by atoms with E-state index in [9.17, 15) is 14.7 Å². The Balaban J connectivity index is 1.29. The number of aliphatic hydroxyl groups is 1. The molecule has 0 unspecified atom stereocenters. The first-order valence-electron chi connectivity index (χ1n) is 11.5. The van der Waals surface area contributed by atoms with E-state index in [2.05, 4.69) is 10.3 Å². The summed E-state index contributed by atoms with van der Waals surface area (Å²) in [7, 11) is 0. The predicted octanol–water partition coefficient (Wildman–Crippen LogP) is 2.98. The van der Waals surface area contributed by atoms with Gasteiger partial charge in [0.2, 0.25) is 17.8 Å². The van der Waals surface area contributed by atoms with Crippen LogP contribution in [-0.4, -0.2) is 65.0 Å². The maximum Gasteiger partial charge on any atom is 0.246 e. The van der Waals surface area contributed by atoms with E-state index in [1.54, 1.807) is 6.07 Å². The summed E-state index contributed by atoms with van der Waals surface area (Å²) in [6.45, 7) is 1.66. The number of aliphatic imine (C=N–C) groups is 1. The van der Waals surface area contributed by atoms with Crippen molar-refractivity contribution in [2.75, 3.05) is 26.3 Å². The number of aliphatic hydroxyl groups excluding tert-OH is 1. The SMILES string of the molecule is O=C1CN2Cc3c(ccc(Cl)c3OCCCCC(=O)N(CCO)C3CCCCC3)N=C2N1. The third-order valence-corrected chi connectivity index (χ3v) is 6.65. The van der Waals surface area contributed by atoms with Gasteiger partial charge in [-0.1, -0.05) is 30.9 Å². The Bertz CT molecular complexity index is 885. The molecule has 174 valence electrons. The molecule has 2 aliphatic heterocycles. The minimum absolute atomic E-state index is 0.00526. The zero-order chi connectivity index (χ0) is 22.5. The lowest BCUT2D eigenvalue weighted by Crippen LogP contribution is -2.43. The van der Waals surface area contributed by atoms with Gasteiger partial charge < -0.3 is 19.6 Å². The number of nitrogens with zero attached hydrogens (tertiary/aromatic N) is 3. The van der Waals surface area contributed by atoms with Crippen LogP contribution in [-0.2, 0) is 16.1 Å². The van der Waals surface area contributed by atoms with E-state index in [0.29, 0.717) is 49.3 Å². The molecule has 2 fully saturated rings. The number of nitrogens with one attached hydrogen (secondary N) is 1. The summed E-state index contributed by atoms with van der Waals surface area (Å²) in [6.07, 6.45) is 7.51. The fourth-order valence-corrected chi connectivity index (χ4v) is 4.97. The van der Waals surface area contributed by atoms with Gasteiger partial charge in [0.25, 0.3) is 0 Å². The van der Waals surface area contributed by atoms with Crippen LogP contribution in [0, 0.1) is 0 Å². The Labute approximate surface area is 193 Å². The highest BCUT2D eigenvalue weighted by Gasteiger charge is 2.31. The lowest BCUT2D eigenvalue weighted by Gasteiger charge is -2.34. The smallest absolute Gasteiger partial charge is 0.246 e. The van der Waals surface area contributed by atoms with Gasteiger partial charge in [-0.15, -0.1) is 0 Å². The number of halogens is 1. The van der Waals surface area contributed by atoms with Crippen molar-refractivity contribution in [1.29, 1.82) is 0 Å². The molecular formula is C23H31ClN4O4. The maximum atomic E-state index is 12.7. The Morgan fingerprint density at radius 3 is 2.84 bits per heavy atom. The Hall–Kier alpha value is -2.32. The second-order valence-corrected chi connectivity index (χ2v) is 9.03. The van der Waals surface area contributed by atoms with Crippen LogP contribution in [0.4, 0.5) is 5.69 Å². The summed E-state index contributed by atoms with van der Waals surface area (Å²) < 4.78 is 6.02. The zero-order valence-electron chi connectivity index (χ0n) is 18.3. The number of fused-ring (bicyclic) bond motifs is 2. The van der Waals surface area contributed by atoms with Crippen molar-refractivity contribution >= 4 is 35.1 Å². The average molecular weight is 463 g/mol. The normalized spacial score (nSPS) is 18.0. The number of benzene rings is 1. The molecule has 1 aromatic rings. The van der Waals surface area contributed by atoms with Crippen LogP contribution in [0.1, 0.15) is 56.9 Å². The zero-order valence-corrected chi connectivity index (χ0v) is 19.1. The van der Waals surface area contributed by atoms with E-state index in [1.807, 2.05) is 15.9 Å². The van der Waals surface area contributed by atoms with Crippen molar-refractivity contribution in [3.63, 3.8) is 0 Å². The molecule has 32 heavy (non-hydrogen) atoms. The van der Waals surface area contributed by atoms with Crippen LogP contribution >= 0.6 is 11.6 Å². The van der Waals surface area contributed by atoms with Crippen molar-refractivity contribution in [3.05, 3.63) is 22.7 Å². The second kappa shape index (κ2) is 10.5. The molecule has 0 aromatic heterocycles. The van der Waals surface area contributed by atoms with Gasteiger partial charge in [-0.3, -0.25) is 14.9 Å². The number of guanidine groups is 1. The number of amides is 2. The van der Waals surface area contributed by atoms with E-state index in [-0.39, 0.29) is 31.0 Å². The number of unbranched alkanes of at least 4 members (excludes halogenated alkanes) is 1. The van der Waals surface area contributed by atoms with Crippen molar-refractivity contribution in [3.8, 4) is 5.75 Å². The summed E-state index contributed by atoms with van der Waals surface area (Å²) in [5, 5.41) is 12.7. The van der Waals surface area contributed by atoms with Crippen LogP contribution < -0.4 is 10.1 Å². The fourth-order valence-electron chi connectivity index (χ4n) is 4.74. The first-order valence-corrected chi connectivity index (χ1v) is 11.9. The van der Waals surface area contributed by atoms with E-state index in [4.69, 9.17) is 16.3 Å². The van der Waals surface area contributed by atoms with Gasteiger partial charge in [0.15, 0.2) is 0 Å². The number of rotatable bonds is 9. The van der Waals surface area contributed by atoms with E-state index in [0.717, 1.165) is 43.4 Å². The van der Waals surface area contributed by atoms with Crippen LogP contribution in [0.5, 0.6) is 5.75 Å². The van der Waals surface area contributed by atoms with Crippen molar-refractivity contribution < 1.29 is 19.4 Å². The Morgan fingerprint density at radius 2 is 2.06 bits per heavy atom. The van der Waals surface area contributed by atoms with Gasteiger partial charge in [-0.2, -0.15) is 0 Å². The summed E-state index contributed by atoms with van der Waals surface area (Å²) >= 11 is 6.40. The summed E-state index contributed by atoms with van der Waals surface area (Å²) in [5.74, 6) is 1.22. The number of carbonyl (C=O) groups excluding carboxylic acids is 2. The highest BCUT2D eigenvalue weighted by atomic mass is 35.5. The Kier molecular flexibility index (Phi) is 7.52. The van der Waals surface area contributed by atoms with E-state index >= 15 is 0 Å². The molecule has 2 amide bonds. The molecule has 2 N–H and O–H groups in total. The molecule has 9 heteroatoms. The lowest BCUT2D eigenvalue weighted by atomic mass is 9.94. The fraction of sp³-hybridized carbons (Fsp3) is 0.609. The first kappa shape index (κ1) is 22.9. The number of hydrogen-bond donors (Lipinski definition) is 2. The van der Waals surface area contributed by atoms with Gasteiger partial charge in [0.1, 0.15) is 12.3 Å². The molecule has 1 saturated heterocycles. The molecular weight excluding hydrogens is 432 g/mol. The molecule has 8 nitrogen and oxygen atoms in total. The monoisotopic (exact) mass is 462 g/mol. The molecule has 0 radical (unpaired) electrons. The van der Waals surface area contributed by atoms with Gasteiger partial charge in [0.05, 0.1) is 30.5 Å². The van der Waals surface area contributed by atoms with Crippen molar-refractivity contribution in [2.45, 2.75) is 64.0 Å². The van der Waals surface area contributed by atoms with Crippen LogP contribution in [0.15, 0.2) is 17.1 Å². The number of carbonyl (C=O) groups is 2. The van der Waals surface area contributed by atoms with Crippen molar-refractivity contribution in [1.82, 2.24) is 15.1 Å². The minimum Gasteiger partial charge on any atom is -0.492 e. The van der Waals surface area contributed by atoms with Gasteiger partial charge in [-0.25, -0.2) is 4.99 Å². The van der Waals surface area contributed by atoms with Crippen molar-refractivity contribution in [2.24, 2.45) is 4.99 Å². The summed E-state index contributed by atoms with van der Waals surface area (Å²) in [5.41, 5.74) is 1.63. The summed E-state index contributed by atoms with van der Waals surface area (Å²) in [6, 6.07) is 3.86. The highest BCUT2D eigenvalue weighted by Crippen LogP contribution is 2.39. The number of hydrogen-bond acceptors (Lipinski definition) is 6. The third-order valence-electron chi connectivity index (χ3n) is 6.36. The topological polar surface area (TPSA) is 94.5 Å². The standard InChI is InChI=1S/C23H31ClN4O4/c24-18-9-10-19-17(14-27-15-20(30)26-23(27)25-19)22(18)32-13-5-4-8-21(31)28(11-12-29)16-6-2-1-3-7-16/h9-10,16,29H,1-8,11-15H2,(H,25,26,30). The average Bonchev–Trinajstić information content (AvgIpc) is 3.16. The van der Waals surface area contributed by atoms with Crippen LogP contribution in [0.25, 0.3) is 0 Å². The third kappa shape index (κ3) is 5.18. The van der Waals surface area contributed by atoms with E-state index < -0.39 is 0 Å². The molecule has 1 aromatic carbocycles. The quantitative estimate of drug-likeness (QED) is 0.550. The minimum atomic E-state index is -0.0711. The highest BCUT2D eigenvalue weighted by molar-refractivity contribution is 6.32. The maximum absolute atomic E-state index is 12.7. The van der Waals surface area contributed by atoms with E-state index in [1.165, 1.54) is 6.42 Å². The molecule has 4 rings (SSSR count). The molecule has 0 atom stereocenters. The van der Waals surface area contributed by atoms with Crippen LogP contribution in [0.3, 0.4) is 0 Å². The predicted molar refractivity (Wildman–Crippen MR) is 122 cm³/mol. The molecule has 1 aliphatic carbocycles. The molecule has 0 bridgehead atoms. The van der Waals surface area contributed by atoms with Gasteiger partial charge in [0, 0.05) is 24.6 Å². The molecule has 2 heterocycles. The Morgan fingerprint density at radius 1 is 1.25 bits per heavy atom. The molecule has 1 saturated carbocycles. The van der Waals surface area contributed by atoms with Gasteiger partial charge in [-0.05, 0) is 37.8 Å².